The number of carbonyl (C=O) groups is 1. The van der Waals surface area contributed by atoms with E-state index in [1.54, 1.807) is 6.07 Å². The Morgan fingerprint density at radius 3 is 2.81 bits per heavy atom. The van der Waals surface area contributed by atoms with Crippen LogP contribution in [0.1, 0.15) is 24.2 Å². The molecule has 1 N–H and O–H groups in total. The van der Waals surface area contributed by atoms with E-state index in [0.29, 0.717) is 11.5 Å². The van der Waals surface area contributed by atoms with E-state index < -0.39 is 5.97 Å². The summed E-state index contributed by atoms with van der Waals surface area (Å²) in [6.45, 7) is 3.73. The van der Waals surface area contributed by atoms with Gasteiger partial charge in [0.15, 0.2) is 11.5 Å². The molecule has 1 aromatic rings. The molecular weight excluding hydrogens is 212 g/mol. The van der Waals surface area contributed by atoms with E-state index in [9.17, 15) is 4.79 Å². The highest BCUT2D eigenvalue weighted by Gasteiger charge is 2.25. The van der Waals surface area contributed by atoms with Gasteiger partial charge in [0.05, 0.1) is 6.10 Å². The summed E-state index contributed by atoms with van der Waals surface area (Å²) >= 11 is 0. The zero-order valence-electron chi connectivity index (χ0n) is 9.02. The van der Waals surface area contributed by atoms with Gasteiger partial charge in [-0.15, -0.1) is 0 Å². The first kappa shape index (κ1) is 10.6. The number of rotatable bonds is 3. The van der Waals surface area contributed by atoms with Crippen LogP contribution >= 0.6 is 0 Å². The number of carboxylic acids is 1. The second-order valence-electron chi connectivity index (χ2n) is 3.65. The van der Waals surface area contributed by atoms with Gasteiger partial charge in [-0.2, -0.15) is 0 Å². The second-order valence-corrected chi connectivity index (χ2v) is 3.65. The summed E-state index contributed by atoms with van der Waals surface area (Å²) in [6, 6.07) is 3.02. The van der Waals surface area contributed by atoms with Crippen molar-refractivity contribution >= 4 is 5.97 Å². The zero-order chi connectivity index (χ0) is 11.7. The number of aromatic carboxylic acids is 1. The zero-order valence-corrected chi connectivity index (χ0v) is 9.02. The van der Waals surface area contributed by atoms with Crippen LogP contribution in [-0.4, -0.2) is 24.0 Å². The van der Waals surface area contributed by atoms with Gasteiger partial charge in [-0.1, -0.05) is 0 Å². The average Bonchev–Trinajstić information content (AvgIpc) is 2.64. The minimum atomic E-state index is -1.05. The largest absolute Gasteiger partial charge is 0.486 e. The maximum absolute atomic E-state index is 11.0. The molecule has 5 nitrogen and oxygen atoms in total. The van der Waals surface area contributed by atoms with Gasteiger partial charge in [-0.3, -0.25) is 0 Å². The molecule has 0 amide bonds. The molecule has 0 fully saturated rings. The third kappa shape index (κ3) is 1.76. The Morgan fingerprint density at radius 2 is 2.19 bits per heavy atom. The second kappa shape index (κ2) is 3.92. The van der Waals surface area contributed by atoms with E-state index in [1.807, 2.05) is 13.8 Å². The lowest BCUT2D eigenvalue weighted by molar-refractivity contribution is 0.0689. The van der Waals surface area contributed by atoms with Gasteiger partial charge in [-0.25, -0.2) is 4.79 Å². The summed E-state index contributed by atoms with van der Waals surface area (Å²) in [5.74, 6) is 0.0701. The van der Waals surface area contributed by atoms with Crippen LogP contribution in [-0.2, 0) is 0 Å². The molecule has 1 aliphatic heterocycles. The number of ether oxygens (including phenoxy) is 3. The summed E-state index contributed by atoms with van der Waals surface area (Å²) in [4.78, 5) is 11.0. The Hall–Kier alpha value is -1.91. The smallest absolute Gasteiger partial charge is 0.339 e. The molecule has 86 valence electrons. The molecule has 2 rings (SSSR count). The number of benzene rings is 1. The van der Waals surface area contributed by atoms with Crippen molar-refractivity contribution < 1.29 is 24.1 Å². The van der Waals surface area contributed by atoms with E-state index in [4.69, 9.17) is 19.3 Å². The molecule has 0 radical (unpaired) electrons. The molecule has 0 bridgehead atoms. The van der Waals surface area contributed by atoms with Crippen molar-refractivity contribution in [2.75, 3.05) is 6.79 Å². The van der Waals surface area contributed by atoms with Crippen LogP contribution in [0.3, 0.4) is 0 Å². The van der Waals surface area contributed by atoms with Gasteiger partial charge in [0.1, 0.15) is 5.56 Å². The number of hydrogen-bond donors (Lipinski definition) is 1. The molecule has 0 unspecified atom stereocenters. The van der Waals surface area contributed by atoms with Gasteiger partial charge in [0, 0.05) is 0 Å². The van der Waals surface area contributed by atoms with Crippen LogP contribution in [0.15, 0.2) is 12.1 Å². The predicted octanol–water partition coefficient (Wildman–Crippen LogP) is 1.90. The minimum absolute atomic E-state index is 0.0814. The molecule has 16 heavy (non-hydrogen) atoms. The molecule has 0 saturated heterocycles. The van der Waals surface area contributed by atoms with Crippen molar-refractivity contribution in [2.24, 2.45) is 0 Å². The quantitative estimate of drug-likeness (QED) is 0.849. The Kier molecular flexibility index (Phi) is 2.60. The molecule has 0 aliphatic carbocycles. The summed E-state index contributed by atoms with van der Waals surface area (Å²) in [7, 11) is 0. The first-order valence-electron chi connectivity index (χ1n) is 4.92. The summed E-state index contributed by atoms with van der Waals surface area (Å²) in [6.07, 6.45) is -0.131. The van der Waals surface area contributed by atoms with Gasteiger partial charge < -0.3 is 19.3 Å². The molecule has 1 aliphatic rings. The number of fused-ring (bicyclic) bond motifs is 1. The fraction of sp³-hybridized carbons (Fsp3) is 0.364. The van der Waals surface area contributed by atoms with Crippen molar-refractivity contribution in [3.8, 4) is 17.2 Å². The van der Waals surface area contributed by atoms with Gasteiger partial charge in [0.2, 0.25) is 12.5 Å². The highest BCUT2D eigenvalue weighted by molar-refractivity contribution is 5.92. The summed E-state index contributed by atoms with van der Waals surface area (Å²) in [5, 5.41) is 9.03. The Labute approximate surface area is 92.5 Å². The molecule has 0 spiro atoms. The van der Waals surface area contributed by atoms with Gasteiger partial charge in [-0.05, 0) is 26.0 Å². The maximum Gasteiger partial charge on any atom is 0.339 e. The van der Waals surface area contributed by atoms with Crippen LogP contribution in [0, 0.1) is 0 Å². The van der Waals surface area contributed by atoms with E-state index in [-0.39, 0.29) is 24.2 Å². The molecule has 0 saturated carbocycles. The molecule has 0 atom stereocenters. The first-order valence-corrected chi connectivity index (χ1v) is 4.92. The summed E-state index contributed by atoms with van der Waals surface area (Å²) in [5.41, 5.74) is 0.0814. The number of carboxylic acid groups (broad SMARTS) is 1. The van der Waals surface area contributed by atoms with Gasteiger partial charge >= 0.3 is 5.97 Å². The van der Waals surface area contributed by atoms with E-state index in [2.05, 4.69) is 0 Å². The fourth-order valence-electron chi connectivity index (χ4n) is 1.47. The number of hydrogen-bond acceptors (Lipinski definition) is 4. The van der Waals surface area contributed by atoms with Gasteiger partial charge in [0.25, 0.3) is 0 Å². The SMILES string of the molecule is CC(C)Oc1c(C(=O)O)ccc2c1OCO2. The van der Waals surface area contributed by atoms with E-state index in [1.165, 1.54) is 6.07 Å². The standard InChI is InChI=1S/C11H12O5/c1-6(2)16-9-7(11(12)13)3-4-8-10(9)15-5-14-8/h3-4,6H,5H2,1-2H3,(H,12,13). The van der Waals surface area contributed by atoms with Crippen molar-refractivity contribution in [1.82, 2.24) is 0 Å². The lowest BCUT2D eigenvalue weighted by Crippen LogP contribution is -2.10. The van der Waals surface area contributed by atoms with Crippen molar-refractivity contribution in [3.05, 3.63) is 17.7 Å². The van der Waals surface area contributed by atoms with E-state index >= 15 is 0 Å². The van der Waals surface area contributed by atoms with Crippen LogP contribution in [0.4, 0.5) is 0 Å². The van der Waals surface area contributed by atoms with E-state index in [0.717, 1.165) is 0 Å². The first-order chi connectivity index (χ1) is 7.59. The van der Waals surface area contributed by atoms with Crippen LogP contribution < -0.4 is 14.2 Å². The Bertz CT molecular complexity index is 425. The van der Waals surface area contributed by atoms with Crippen molar-refractivity contribution in [3.63, 3.8) is 0 Å². The summed E-state index contributed by atoms with van der Waals surface area (Å²) < 4.78 is 15.8. The molecule has 1 heterocycles. The molecule has 5 heteroatoms. The highest BCUT2D eigenvalue weighted by atomic mass is 16.7. The van der Waals surface area contributed by atoms with Crippen LogP contribution in [0.25, 0.3) is 0 Å². The topological polar surface area (TPSA) is 65.0 Å². The average molecular weight is 224 g/mol. The normalized spacial score (nSPS) is 12.9. The third-order valence-corrected chi connectivity index (χ3v) is 2.08. The van der Waals surface area contributed by atoms with Crippen molar-refractivity contribution in [1.29, 1.82) is 0 Å². The molecular formula is C11H12O5. The lowest BCUT2D eigenvalue weighted by atomic mass is 10.1. The Morgan fingerprint density at radius 1 is 1.44 bits per heavy atom. The van der Waals surface area contributed by atoms with Crippen molar-refractivity contribution in [2.45, 2.75) is 20.0 Å². The molecule has 0 aromatic heterocycles. The predicted molar refractivity (Wildman–Crippen MR) is 55.3 cm³/mol. The minimum Gasteiger partial charge on any atom is -0.486 e. The molecule has 1 aromatic carbocycles. The van der Waals surface area contributed by atoms with Crippen LogP contribution in [0.2, 0.25) is 0 Å². The Balaban J connectivity index is 2.51. The fourth-order valence-corrected chi connectivity index (χ4v) is 1.47. The maximum atomic E-state index is 11.0. The highest BCUT2D eigenvalue weighted by Crippen LogP contribution is 2.43. The monoisotopic (exact) mass is 224 g/mol. The third-order valence-electron chi connectivity index (χ3n) is 2.08. The lowest BCUT2D eigenvalue weighted by Gasteiger charge is -2.14. The van der Waals surface area contributed by atoms with Crippen LogP contribution in [0.5, 0.6) is 17.2 Å².